The summed E-state index contributed by atoms with van der Waals surface area (Å²) in [4.78, 5) is 15.3. The summed E-state index contributed by atoms with van der Waals surface area (Å²) >= 11 is 0. The number of rotatable bonds is 5. The predicted octanol–water partition coefficient (Wildman–Crippen LogP) is 6.80. The molecule has 1 heterocycles. The third-order valence-corrected chi connectivity index (χ3v) is 13.4. The van der Waals surface area contributed by atoms with E-state index in [0.29, 0.717) is 47.8 Å². The number of aliphatic hydroxyl groups excluding tert-OH is 2. The van der Waals surface area contributed by atoms with Crippen molar-refractivity contribution in [1.29, 1.82) is 0 Å². The molecule has 6 rings (SSSR count). The maximum absolute atomic E-state index is 13.2. The second-order valence-electron chi connectivity index (χ2n) is 15.0. The zero-order valence-corrected chi connectivity index (χ0v) is 24.7. The summed E-state index contributed by atoms with van der Waals surface area (Å²) in [6, 6.07) is 10.8. The Morgan fingerprint density at radius 3 is 2.44 bits per heavy atom. The highest BCUT2D eigenvalue weighted by atomic mass is 16.3. The topological polar surface area (TPSA) is 60.8 Å². The minimum Gasteiger partial charge on any atom is -0.393 e. The van der Waals surface area contributed by atoms with E-state index in [0.717, 1.165) is 64.0 Å². The molecule has 4 aliphatic carbocycles. The van der Waals surface area contributed by atoms with Crippen LogP contribution in [0.25, 0.3) is 0 Å². The fraction of sp³-hybridized carbons (Fsp3) is 0.800. The van der Waals surface area contributed by atoms with Gasteiger partial charge in [0.15, 0.2) is 0 Å². The summed E-state index contributed by atoms with van der Waals surface area (Å²) in [7, 11) is 0. The van der Waals surface area contributed by atoms with E-state index in [1.54, 1.807) is 0 Å². The highest BCUT2D eigenvalue weighted by Gasteiger charge is 2.63. The molecular weight excluding hydrogens is 482 g/mol. The van der Waals surface area contributed by atoms with E-state index in [-0.39, 0.29) is 23.0 Å². The number of hydrogen-bond acceptors (Lipinski definition) is 3. The van der Waals surface area contributed by atoms with E-state index >= 15 is 0 Å². The van der Waals surface area contributed by atoms with Crippen LogP contribution in [0.5, 0.6) is 0 Å². The molecule has 4 nitrogen and oxygen atoms in total. The van der Waals surface area contributed by atoms with Crippen LogP contribution in [-0.2, 0) is 4.79 Å². The minimum atomic E-state index is -0.242. The third kappa shape index (κ3) is 4.80. The first-order valence-corrected chi connectivity index (χ1v) is 16.4. The lowest BCUT2D eigenvalue weighted by Crippen LogP contribution is -2.58. The largest absolute Gasteiger partial charge is 0.393 e. The summed E-state index contributed by atoms with van der Waals surface area (Å²) in [5.41, 5.74) is 1.68. The van der Waals surface area contributed by atoms with Crippen molar-refractivity contribution in [3.63, 3.8) is 0 Å². The van der Waals surface area contributed by atoms with E-state index in [1.807, 2.05) is 0 Å². The monoisotopic (exact) mass is 535 g/mol. The molecule has 0 bridgehead atoms. The molecule has 1 aliphatic heterocycles. The van der Waals surface area contributed by atoms with Gasteiger partial charge in [-0.3, -0.25) is 4.79 Å². The standard InChI is InChI=1S/C35H53NO3/c1-23(9-14-33(39)36-19-16-25(17-20-36)24-7-5-4-6-8-24)29-12-13-30-28-11-10-26-21-27(37)15-18-34(26,2)31(28)22-32(38)35(29,30)3/h4-8,23,25-32,37-38H,9-22H2,1-3H3. The van der Waals surface area contributed by atoms with Crippen molar-refractivity contribution in [2.24, 2.45) is 46.3 Å². The zero-order chi connectivity index (χ0) is 27.4. The quantitative estimate of drug-likeness (QED) is 0.436. The van der Waals surface area contributed by atoms with E-state index < -0.39 is 0 Å². The molecule has 216 valence electrons. The molecule has 1 aromatic rings. The Labute approximate surface area is 236 Å². The SMILES string of the molecule is CC(CCC(=O)N1CCC(c2ccccc2)CC1)C1CCC2C3CCC4CC(O)CCC4(C)C3CC(O)C12C. The summed E-state index contributed by atoms with van der Waals surface area (Å²) in [5.74, 6) is 4.45. The predicted molar refractivity (Wildman–Crippen MR) is 156 cm³/mol. The molecule has 0 spiro atoms. The highest BCUT2D eigenvalue weighted by molar-refractivity contribution is 5.76. The first-order valence-electron chi connectivity index (χ1n) is 16.4. The lowest BCUT2D eigenvalue weighted by Gasteiger charge is -2.62. The van der Waals surface area contributed by atoms with Gasteiger partial charge in [-0.2, -0.15) is 0 Å². The van der Waals surface area contributed by atoms with Crippen LogP contribution in [0.1, 0.15) is 109 Å². The summed E-state index contributed by atoms with van der Waals surface area (Å²) in [6.07, 6.45) is 12.3. The van der Waals surface area contributed by atoms with Gasteiger partial charge in [0.25, 0.3) is 0 Å². The van der Waals surface area contributed by atoms with Crippen molar-refractivity contribution in [3.05, 3.63) is 35.9 Å². The number of nitrogens with zero attached hydrogens (tertiary/aromatic N) is 1. The van der Waals surface area contributed by atoms with Crippen LogP contribution in [0.15, 0.2) is 30.3 Å². The maximum Gasteiger partial charge on any atom is 0.222 e. The number of benzene rings is 1. The van der Waals surface area contributed by atoms with Crippen LogP contribution < -0.4 is 0 Å². The van der Waals surface area contributed by atoms with Crippen LogP contribution in [0.3, 0.4) is 0 Å². The summed E-state index contributed by atoms with van der Waals surface area (Å²) < 4.78 is 0. The number of hydrogen-bond donors (Lipinski definition) is 2. The average molecular weight is 536 g/mol. The molecule has 1 aromatic carbocycles. The Bertz CT molecular complexity index is 1000. The Morgan fingerprint density at radius 2 is 1.69 bits per heavy atom. The molecule has 2 N–H and O–H groups in total. The van der Waals surface area contributed by atoms with Crippen molar-refractivity contribution in [1.82, 2.24) is 4.90 Å². The normalized spacial score (nSPS) is 43.3. The van der Waals surface area contributed by atoms with Gasteiger partial charge in [0, 0.05) is 19.5 Å². The second kappa shape index (κ2) is 10.8. The molecule has 10 atom stereocenters. The van der Waals surface area contributed by atoms with Crippen molar-refractivity contribution in [3.8, 4) is 0 Å². The molecule has 1 amide bonds. The van der Waals surface area contributed by atoms with Crippen molar-refractivity contribution in [2.75, 3.05) is 13.1 Å². The fourth-order valence-corrected chi connectivity index (χ4v) is 11.1. The number of fused-ring (bicyclic) bond motifs is 5. The molecule has 10 unspecified atom stereocenters. The first-order chi connectivity index (χ1) is 18.7. The Kier molecular flexibility index (Phi) is 7.68. The fourth-order valence-electron chi connectivity index (χ4n) is 11.1. The number of piperidine rings is 1. The Hall–Kier alpha value is -1.39. The number of aliphatic hydroxyl groups is 2. The number of amides is 1. The summed E-state index contributed by atoms with van der Waals surface area (Å²) in [6.45, 7) is 9.05. The van der Waals surface area contributed by atoms with Gasteiger partial charge in [0.2, 0.25) is 5.91 Å². The van der Waals surface area contributed by atoms with Crippen molar-refractivity contribution < 1.29 is 15.0 Å². The molecule has 4 saturated carbocycles. The molecule has 5 fully saturated rings. The molecular formula is C35H53NO3. The van der Waals surface area contributed by atoms with Crippen molar-refractivity contribution in [2.45, 2.75) is 116 Å². The smallest absolute Gasteiger partial charge is 0.222 e. The maximum atomic E-state index is 13.2. The Morgan fingerprint density at radius 1 is 0.949 bits per heavy atom. The van der Waals surface area contributed by atoms with Gasteiger partial charge in [-0.1, -0.05) is 51.1 Å². The molecule has 0 aromatic heterocycles. The number of carbonyl (C=O) groups is 1. The van der Waals surface area contributed by atoms with Gasteiger partial charge in [-0.05, 0) is 128 Å². The second-order valence-corrected chi connectivity index (χ2v) is 15.0. The van der Waals surface area contributed by atoms with E-state index in [9.17, 15) is 15.0 Å². The van der Waals surface area contributed by atoms with Gasteiger partial charge in [-0.15, -0.1) is 0 Å². The minimum absolute atomic E-state index is 0.0188. The number of likely N-dealkylation sites (tertiary alicyclic amines) is 1. The Balaban J connectivity index is 1.06. The van der Waals surface area contributed by atoms with E-state index in [4.69, 9.17) is 0 Å². The van der Waals surface area contributed by atoms with Gasteiger partial charge in [0.1, 0.15) is 0 Å². The summed E-state index contributed by atoms with van der Waals surface area (Å²) in [5, 5.41) is 22.2. The van der Waals surface area contributed by atoms with Crippen LogP contribution in [0.4, 0.5) is 0 Å². The van der Waals surface area contributed by atoms with Crippen LogP contribution >= 0.6 is 0 Å². The third-order valence-electron chi connectivity index (χ3n) is 13.4. The van der Waals surface area contributed by atoms with Gasteiger partial charge in [-0.25, -0.2) is 0 Å². The van der Waals surface area contributed by atoms with E-state index in [1.165, 1.54) is 31.2 Å². The molecule has 1 saturated heterocycles. The van der Waals surface area contributed by atoms with Crippen LogP contribution in [0.2, 0.25) is 0 Å². The molecule has 0 radical (unpaired) electrons. The lowest BCUT2D eigenvalue weighted by atomic mass is 9.43. The van der Waals surface area contributed by atoms with Crippen LogP contribution in [-0.4, -0.2) is 46.3 Å². The molecule has 5 aliphatic rings. The van der Waals surface area contributed by atoms with Gasteiger partial charge < -0.3 is 15.1 Å². The molecule has 4 heteroatoms. The van der Waals surface area contributed by atoms with E-state index in [2.05, 4.69) is 56.0 Å². The highest BCUT2D eigenvalue weighted by Crippen LogP contribution is 2.68. The van der Waals surface area contributed by atoms with Crippen molar-refractivity contribution >= 4 is 5.91 Å². The first kappa shape index (κ1) is 27.8. The van der Waals surface area contributed by atoms with Gasteiger partial charge >= 0.3 is 0 Å². The van der Waals surface area contributed by atoms with Crippen LogP contribution in [0, 0.1) is 46.3 Å². The lowest BCUT2D eigenvalue weighted by molar-refractivity contribution is -0.175. The number of carbonyl (C=O) groups excluding carboxylic acids is 1. The van der Waals surface area contributed by atoms with Gasteiger partial charge in [0.05, 0.1) is 12.2 Å². The average Bonchev–Trinajstić information content (AvgIpc) is 3.32. The zero-order valence-electron chi connectivity index (χ0n) is 24.7. The molecule has 39 heavy (non-hydrogen) atoms.